The lowest BCUT2D eigenvalue weighted by molar-refractivity contribution is -0.114. The summed E-state index contributed by atoms with van der Waals surface area (Å²) in [6, 6.07) is 13.4. The zero-order valence-corrected chi connectivity index (χ0v) is 17.9. The van der Waals surface area contributed by atoms with E-state index in [1.807, 2.05) is 36.6 Å². The standard InChI is InChI=1S/C22H20N2O3S2/c1-13-12-15(4-10-18(13)21(26)27)5-11-19-20(29-22(24-19)23-14(2)25)16-6-8-17(28-3)9-7-16/h4-12H,1-3H3,(H,26,27)(H,23,24,25)/b11-5+. The maximum Gasteiger partial charge on any atom is 0.335 e. The number of benzene rings is 2. The number of aryl methyl sites for hydroxylation is 1. The summed E-state index contributed by atoms with van der Waals surface area (Å²) in [5.41, 5.74) is 3.64. The Morgan fingerprint density at radius 1 is 1.14 bits per heavy atom. The first-order chi connectivity index (χ1) is 13.9. The molecule has 0 radical (unpaired) electrons. The largest absolute Gasteiger partial charge is 0.478 e. The molecule has 0 aliphatic rings. The predicted octanol–water partition coefficient (Wildman–Crippen LogP) is 5.67. The number of aromatic nitrogens is 1. The molecule has 0 aliphatic heterocycles. The molecule has 29 heavy (non-hydrogen) atoms. The van der Waals surface area contributed by atoms with E-state index in [0.29, 0.717) is 16.3 Å². The van der Waals surface area contributed by atoms with Crippen LogP contribution in [0.1, 0.15) is 34.1 Å². The number of thioether (sulfide) groups is 1. The van der Waals surface area contributed by atoms with Gasteiger partial charge in [-0.15, -0.1) is 11.8 Å². The first-order valence-corrected chi connectivity index (χ1v) is 10.9. The number of carboxylic acid groups (broad SMARTS) is 1. The van der Waals surface area contributed by atoms with Crippen molar-refractivity contribution in [1.82, 2.24) is 4.98 Å². The smallest absolute Gasteiger partial charge is 0.335 e. The highest BCUT2D eigenvalue weighted by atomic mass is 32.2. The topological polar surface area (TPSA) is 79.3 Å². The van der Waals surface area contributed by atoms with Gasteiger partial charge in [-0.1, -0.05) is 41.7 Å². The van der Waals surface area contributed by atoms with Crippen molar-refractivity contribution in [3.8, 4) is 10.4 Å². The summed E-state index contributed by atoms with van der Waals surface area (Å²) < 4.78 is 0. The van der Waals surface area contributed by atoms with Crippen LogP contribution in [0.25, 0.3) is 22.6 Å². The van der Waals surface area contributed by atoms with Gasteiger partial charge in [-0.05, 0) is 54.1 Å². The number of hydrogen-bond donors (Lipinski definition) is 2. The molecule has 0 aliphatic carbocycles. The van der Waals surface area contributed by atoms with Gasteiger partial charge in [0.25, 0.3) is 0 Å². The van der Waals surface area contributed by atoms with E-state index in [1.165, 1.54) is 23.2 Å². The fraction of sp³-hybridized carbons (Fsp3) is 0.136. The molecule has 7 heteroatoms. The SMILES string of the molecule is CSc1ccc(-c2sc(NC(C)=O)nc2/C=C/c2ccc(C(=O)O)c(C)c2)cc1. The molecule has 2 N–H and O–H groups in total. The van der Waals surface area contributed by atoms with E-state index in [2.05, 4.69) is 22.4 Å². The third-order valence-electron chi connectivity index (χ3n) is 4.20. The Morgan fingerprint density at radius 2 is 1.86 bits per heavy atom. The third-order valence-corrected chi connectivity index (χ3v) is 5.98. The zero-order valence-electron chi connectivity index (χ0n) is 16.2. The quantitative estimate of drug-likeness (QED) is 0.499. The second-order valence-corrected chi connectivity index (χ2v) is 8.23. The second kappa shape index (κ2) is 9.07. The van der Waals surface area contributed by atoms with Gasteiger partial charge in [-0.2, -0.15) is 0 Å². The molecule has 0 saturated heterocycles. The van der Waals surface area contributed by atoms with Crippen molar-refractivity contribution in [1.29, 1.82) is 0 Å². The lowest BCUT2D eigenvalue weighted by Crippen LogP contribution is -2.04. The van der Waals surface area contributed by atoms with Crippen molar-refractivity contribution < 1.29 is 14.7 Å². The molecule has 148 valence electrons. The fourth-order valence-electron chi connectivity index (χ4n) is 2.80. The minimum atomic E-state index is -0.937. The fourth-order valence-corrected chi connectivity index (χ4v) is 4.22. The Labute approximate surface area is 177 Å². The van der Waals surface area contributed by atoms with Crippen LogP contribution in [0.5, 0.6) is 0 Å². The highest BCUT2D eigenvalue weighted by molar-refractivity contribution is 7.98. The maximum atomic E-state index is 11.4. The summed E-state index contributed by atoms with van der Waals surface area (Å²) in [6.45, 7) is 3.23. The Morgan fingerprint density at radius 3 is 2.45 bits per heavy atom. The van der Waals surface area contributed by atoms with Crippen LogP contribution in [0.2, 0.25) is 0 Å². The summed E-state index contributed by atoms with van der Waals surface area (Å²) >= 11 is 3.10. The van der Waals surface area contributed by atoms with Gasteiger partial charge in [0.1, 0.15) is 0 Å². The molecular formula is C22H20N2O3S2. The molecule has 1 heterocycles. The summed E-state index contributed by atoms with van der Waals surface area (Å²) in [6.07, 6.45) is 5.81. The van der Waals surface area contributed by atoms with Gasteiger partial charge in [0.05, 0.1) is 16.1 Å². The average molecular weight is 425 g/mol. The van der Waals surface area contributed by atoms with Crippen molar-refractivity contribution in [3.05, 3.63) is 64.8 Å². The van der Waals surface area contributed by atoms with Gasteiger partial charge in [-0.3, -0.25) is 4.79 Å². The van der Waals surface area contributed by atoms with E-state index in [0.717, 1.165) is 21.7 Å². The first kappa shape index (κ1) is 20.8. The number of carbonyl (C=O) groups excluding carboxylic acids is 1. The molecule has 3 aromatic rings. The molecular weight excluding hydrogens is 404 g/mol. The number of hydrogen-bond acceptors (Lipinski definition) is 5. The van der Waals surface area contributed by atoms with Gasteiger partial charge in [0.2, 0.25) is 5.91 Å². The van der Waals surface area contributed by atoms with Crippen LogP contribution in [0, 0.1) is 6.92 Å². The van der Waals surface area contributed by atoms with E-state index in [-0.39, 0.29) is 5.91 Å². The van der Waals surface area contributed by atoms with E-state index in [9.17, 15) is 14.7 Å². The molecule has 1 aromatic heterocycles. The number of rotatable bonds is 6. The number of anilines is 1. The lowest BCUT2D eigenvalue weighted by Gasteiger charge is -2.03. The summed E-state index contributed by atoms with van der Waals surface area (Å²) in [4.78, 5) is 29.3. The van der Waals surface area contributed by atoms with Gasteiger partial charge in [0, 0.05) is 11.8 Å². The Hall–Kier alpha value is -2.90. The molecule has 5 nitrogen and oxygen atoms in total. The average Bonchev–Trinajstić information content (AvgIpc) is 3.08. The number of nitrogens with zero attached hydrogens (tertiary/aromatic N) is 1. The van der Waals surface area contributed by atoms with Crippen LogP contribution in [0.3, 0.4) is 0 Å². The minimum absolute atomic E-state index is 0.168. The second-order valence-electron chi connectivity index (χ2n) is 6.36. The monoisotopic (exact) mass is 424 g/mol. The minimum Gasteiger partial charge on any atom is -0.478 e. The Kier molecular flexibility index (Phi) is 6.51. The van der Waals surface area contributed by atoms with Gasteiger partial charge < -0.3 is 10.4 Å². The summed E-state index contributed by atoms with van der Waals surface area (Å²) in [7, 11) is 0. The number of amides is 1. The van der Waals surface area contributed by atoms with Crippen molar-refractivity contribution in [3.63, 3.8) is 0 Å². The van der Waals surface area contributed by atoms with E-state index < -0.39 is 5.97 Å². The van der Waals surface area contributed by atoms with Gasteiger partial charge in [0.15, 0.2) is 5.13 Å². The molecule has 0 unspecified atom stereocenters. The molecule has 0 atom stereocenters. The van der Waals surface area contributed by atoms with Gasteiger partial charge in [-0.25, -0.2) is 9.78 Å². The van der Waals surface area contributed by atoms with Crippen LogP contribution >= 0.6 is 23.1 Å². The molecule has 3 rings (SSSR count). The molecule has 0 saturated carbocycles. The van der Waals surface area contributed by atoms with Crippen LogP contribution in [-0.2, 0) is 4.79 Å². The highest BCUT2D eigenvalue weighted by Gasteiger charge is 2.13. The van der Waals surface area contributed by atoms with E-state index in [1.54, 1.807) is 30.8 Å². The number of carboxylic acids is 1. The number of carbonyl (C=O) groups is 2. The number of aromatic carboxylic acids is 1. The summed E-state index contributed by atoms with van der Waals surface area (Å²) in [5, 5.41) is 12.5. The van der Waals surface area contributed by atoms with Crippen molar-refractivity contribution >= 4 is 52.3 Å². The van der Waals surface area contributed by atoms with Crippen LogP contribution in [0.15, 0.2) is 47.4 Å². The zero-order chi connectivity index (χ0) is 21.0. The van der Waals surface area contributed by atoms with Crippen molar-refractivity contribution in [2.24, 2.45) is 0 Å². The normalized spacial score (nSPS) is 11.0. The van der Waals surface area contributed by atoms with E-state index in [4.69, 9.17) is 0 Å². The van der Waals surface area contributed by atoms with Crippen LogP contribution < -0.4 is 5.32 Å². The predicted molar refractivity (Wildman–Crippen MR) is 121 cm³/mol. The van der Waals surface area contributed by atoms with Crippen molar-refractivity contribution in [2.45, 2.75) is 18.7 Å². The van der Waals surface area contributed by atoms with Crippen LogP contribution in [0.4, 0.5) is 5.13 Å². The molecule has 0 bridgehead atoms. The molecule has 1 amide bonds. The number of nitrogens with one attached hydrogen (secondary N) is 1. The first-order valence-electron chi connectivity index (χ1n) is 8.82. The summed E-state index contributed by atoms with van der Waals surface area (Å²) in [5.74, 6) is -1.10. The van der Waals surface area contributed by atoms with Gasteiger partial charge >= 0.3 is 5.97 Å². The lowest BCUT2D eigenvalue weighted by atomic mass is 10.0. The van der Waals surface area contributed by atoms with Crippen LogP contribution in [-0.4, -0.2) is 28.2 Å². The highest BCUT2D eigenvalue weighted by Crippen LogP contribution is 2.35. The molecule has 0 fully saturated rings. The van der Waals surface area contributed by atoms with Crippen molar-refractivity contribution in [2.75, 3.05) is 11.6 Å². The third kappa shape index (κ3) is 5.13. The maximum absolute atomic E-state index is 11.4. The molecule has 2 aromatic carbocycles. The van der Waals surface area contributed by atoms with E-state index >= 15 is 0 Å². The molecule has 0 spiro atoms. The number of thiazole rings is 1. The Bertz CT molecular complexity index is 1090. The Balaban J connectivity index is 1.97.